The summed E-state index contributed by atoms with van der Waals surface area (Å²) in [5.74, 6) is 0.351. The van der Waals surface area contributed by atoms with Gasteiger partial charge in [0.25, 0.3) is 5.91 Å². The summed E-state index contributed by atoms with van der Waals surface area (Å²) < 4.78 is 23.0. The Balaban J connectivity index is 1.37. The second kappa shape index (κ2) is 9.84. The third-order valence-electron chi connectivity index (χ3n) is 5.39. The van der Waals surface area contributed by atoms with Crippen molar-refractivity contribution in [1.82, 2.24) is 15.2 Å². The predicted octanol–water partition coefficient (Wildman–Crippen LogP) is 2.09. The smallest absolute Gasteiger partial charge is 0.255 e. The molecule has 2 heterocycles. The van der Waals surface area contributed by atoms with Gasteiger partial charge in [0, 0.05) is 44.7 Å². The number of aromatic nitrogens is 1. The monoisotopic (exact) mass is 429 g/mol. The number of sulfone groups is 1. The summed E-state index contributed by atoms with van der Waals surface area (Å²) in [6.45, 7) is 1.97. The number of nitrogens with one attached hydrogen (secondary N) is 1. The van der Waals surface area contributed by atoms with Crippen LogP contribution in [0.25, 0.3) is 0 Å². The Morgan fingerprint density at radius 2 is 1.83 bits per heavy atom. The first kappa shape index (κ1) is 22.0. The van der Waals surface area contributed by atoms with Crippen LogP contribution in [0.3, 0.4) is 0 Å². The Kier molecular flexibility index (Phi) is 7.20. The Bertz CT molecular complexity index is 967. The molecule has 1 aliphatic rings. The normalized spacial score (nSPS) is 15.0. The highest BCUT2D eigenvalue weighted by atomic mass is 32.2. The molecule has 0 aliphatic carbocycles. The van der Waals surface area contributed by atoms with E-state index in [-0.39, 0.29) is 16.7 Å². The third-order valence-corrected chi connectivity index (χ3v) is 6.52. The van der Waals surface area contributed by atoms with E-state index >= 15 is 0 Å². The maximum absolute atomic E-state index is 12.5. The van der Waals surface area contributed by atoms with Crippen molar-refractivity contribution in [3.05, 3.63) is 59.9 Å². The van der Waals surface area contributed by atoms with E-state index < -0.39 is 9.84 Å². The van der Waals surface area contributed by atoms with E-state index in [2.05, 4.69) is 10.3 Å². The second-order valence-corrected chi connectivity index (χ2v) is 9.71. The van der Waals surface area contributed by atoms with Crippen LogP contribution in [-0.2, 0) is 21.1 Å². The van der Waals surface area contributed by atoms with Gasteiger partial charge in [0.2, 0.25) is 5.91 Å². The van der Waals surface area contributed by atoms with Gasteiger partial charge in [-0.15, -0.1) is 0 Å². The van der Waals surface area contributed by atoms with E-state index in [4.69, 9.17) is 0 Å². The molecule has 8 heteroatoms. The highest BCUT2D eigenvalue weighted by Gasteiger charge is 2.24. The van der Waals surface area contributed by atoms with Crippen molar-refractivity contribution < 1.29 is 18.0 Å². The fourth-order valence-electron chi connectivity index (χ4n) is 3.52. The molecule has 1 aromatic carbocycles. The summed E-state index contributed by atoms with van der Waals surface area (Å²) in [6.07, 6.45) is 7.05. The zero-order valence-corrected chi connectivity index (χ0v) is 17.9. The number of carbonyl (C=O) groups excluding carboxylic acids is 2. The van der Waals surface area contributed by atoms with Gasteiger partial charge in [0.05, 0.1) is 10.5 Å². The van der Waals surface area contributed by atoms with Gasteiger partial charge in [-0.2, -0.15) is 0 Å². The molecule has 0 bridgehead atoms. The van der Waals surface area contributed by atoms with Gasteiger partial charge in [-0.25, -0.2) is 8.42 Å². The molecule has 0 spiro atoms. The first-order chi connectivity index (χ1) is 14.3. The van der Waals surface area contributed by atoms with E-state index in [1.165, 1.54) is 6.26 Å². The summed E-state index contributed by atoms with van der Waals surface area (Å²) >= 11 is 0. The van der Waals surface area contributed by atoms with Crippen molar-refractivity contribution >= 4 is 21.7 Å². The minimum absolute atomic E-state index is 0.00692. The fraction of sp³-hybridized carbons (Fsp3) is 0.409. The van der Waals surface area contributed by atoms with Crippen LogP contribution in [0, 0.1) is 5.92 Å². The number of benzene rings is 1. The number of rotatable bonds is 7. The van der Waals surface area contributed by atoms with Crippen LogP contribution >= 0.6 is 0 Å². The summed E-state index contributed by atoms with van der Waals surface area (Å²) in [4.78, 5) is 30.7. The van der Waals surface area contributed by atoms with Crippen LogP contribution in [0.4, 0.5) is 0 Å². The lowest BCUT2D eigenvalue weighted by Crippen LogP contribution is -2.41. The Hall–Kier alpha value is -2.74. The molecule has 0 radical (unpaired) electrons. The van der Waals surface area contributed by atoms with Crippen LogP contribution in [-0.4, -0.2) is 56.0 Å². The van der Waals surface area contributed by atoms with Crippen molar-refractivity contribution in [3.8, 4) is 0 Å². The number of amides is 2. The van der Waals surface area contributed by atoms with Crippen LogP contribution in [0.2, 0.25) is 0 Å². The first-order valence-corrected chi connectivity index (χ1v) is 12.0. The molecule has 160 valence electrons. The number of nitrogens with zero attached hydrogens (tertiary/aromatic N) is 2. The molecule has 1 aromatic heterocycles. The van der Waals surface area contributed by atoms with Gasteiger partial charge >= 0.3 is 0 Å². The van der Waals surface area contributed by atoms with E-state index in [0.29, 0.717) is 44.0 Å². The lowest BCUT2D eigenvalue weighted by Gasteiger charge is -2.32. The van der Waals surface area contributed by atoms with Gasteiger partial charge in [-0.3, -0.25) is 14.6 Å². The minimum Gasteiger partial charge on any atom is -0.356 e. The average molecular weight is 430 g/mol. The van der Waals surface area contributed by atoms with Crippen molar-refractivity contribution in [2.45, 2.75) is 30.6 Å². The molecule has 0 atom stereocenters. The predicted molar refractivity (Wildman–Crippen MR) is 114 cm³/mol. The lowest BCUT2D eigenvalue weighted by atomic mass is 9.96. The van der Waals surface area contributed by atoms with Gasteiger partial charge < -0.3 is 10.2 Å². The minimum atomic E-state index is -3.20. The molecule has 3 rings (SSSR count). The Labute approximate surface area is 177 Å². The van der Waals surface area contributed by atoms with E-state index in [1.807, 2.05) is 4.90 Å². The summed E-state index contributed by atoms with van der Waals surface area (Å²) in [5.41, 5.74) is 1.54. The number of hydrogen-bond donors (Lipinski definition) is 1. The highest BCUT2D eigenvalue weighted by molar-refractivity contribution is 7.90. The highest BCUT2D eigenvalue weighted by Crippen LogP contribution is 2.18. The largest absolute Gasteiger partial charge is 0.356 e. The standard InChI is InChI=1S/C22H27N3O4S/c1-30(28,29)20-7-4-17(5-8-20)6-9-21(26)24-15-18-10-13-25(14-11-18)22(27)19-3-2-12-23-16-19/h2-5,7-8,12,16,18H,6,9-11,13-15H2,1H3,(H,24,26). The lowest BCUT2D eigenvalue weighted by molar-refractivity contribution is -0.121. The summed E-state index contributed by atoms with van der Waals surface area (Å²) in [6, 6.07) is 10.2. The average Bonchev–Trinajstić information content (AvgIpc) is 2.76. The molecule has 2 amide bonds. The van der Waals surface area contributed by atoms with E-state index in [9.17, 15) is 18.0 Å². The van der Waals surface area contributed by atoms with Crippen molar-refractivity contribution in [2.24, 2.45) is 5.92 Å². The maximum atomic E-state index is 12.5. The van der Waals surface area contributed by atoms with Crippen molar-refractivity contribution in [3.63, 3.8) is 0 Å². The maximum Gasteiger partial charge on any atom is 0.255 e. The van der Waals surface area contributed by atoms with Crippen LogP contribution in [0.5, 0.6) is 0 Å². The second-order valence-electron chi connectivity index (χ2n) is 7.70. The van der Waals surface area contributed by atoms with E-state index in [1.54, 1.807) is 48.8 Å². The molecule has 0 saturated carbocycles. The van der Waals surface area contributed by atoms with Gasteiger partial charge in [0.1, 0.15) is 0 Å². The Morgan fingerprint density at radius 3 is 2.43 bits per heavy atom. The number of aryl methyl sites for hydroxylation is 1. The molecule has 1 fully saturated rings. The van der Waals surface area contributed by atoms with Crippen molar-refractivity contribution in [2.75, 3.05) is 25.9 Å². The van der Waals surface area contributed by atoms with Crippen LogP contribution < -0.4 is 5.32 Å². The topological polar surface area (TPSA) is 96.4 Å². The number of carbonyl (C=O) groups is 2. The molecule has 7 nitrogen and oxygen atoms in total. The SMILES string of the molecule is CS(=O)(=O)c1ccc(CCC(=O)NCC2CCN(C(=O)c3cccnc3)CC2)cc1. The molecule has 30 heavy (non-hydrogen) atoms. The van der Waals surface area contributed by atoms with Crippen LogP contribution in [0.15, 0.2) is 53.7 Å². The molecular weight excluding hydrogens is 402 g/mol. The third kappa shape index (κ3) is 6.13. The number of likely N-dealkylation sites (tertiary alicyclic amines) is 1. The molecule has 2 aromatic rings. The molecular formula is C22H27N3O4S. The Morgan fingerprint density at radius 1 is 1.13 bits per heavy atom. The summed E-state index contributed by atoms with van der Waals surface area (Å²) in [7, 11) is -3.20. The first-order valence-electron chi connectivity index (χ1n) is 10.1. The quantitative estimate of drug-likeness (QED) is 0.727. The molecule has 0 unspecified atom stereocenters. The zero-order valence-electron chi connectivity index (χ0n) is 17.1. The van der Waals surface area contributed by atoms with Gasteiger partial charge in [0.15, 0.2) is 9.84 Å². The number of pyridine rings is 1. The molecule has 1 N–H and O–H groups in total. The molecule has 1 saturated heterocycles. The number of piperidine rings is 1. The van der Waals surface area contributed by atoms with Crippen LogP contribution in [0.1, 0.15) is 35.2 Å². The van der Waals surface area contributed by atoms with E-state index in [0.717, 1.165) is 18.4 Å². The van der Waals surface area contributed by atoms with Gasteiger partial charge in [-0.1, -0.05) is 12.1 Å². The van der Waals surface area contributed by atoms with Crippen molar-refractivity contribution in [1.29, 1.82) is 0 Å². The summed E-state index contributed by atoms with van der Waals surface area (Å²) in [5, 5.41) is 2.99. The fourth-order valence-corrected chi connectivity index (χ4v) is 4.15. The zero-order chi connectivity index (χ0) is 21.6. The van der Waals surface area contributed by atoms with Gasteiger partial charge in [-0.05, 0) is 55.0 Å². The number of hydrogen-bond acceptors (Lipinski definition) is 5. The molecule has 1 aliphatic heterocycles.